The second-order valence-corrected chi connectivity index (χ2v) is 7.64. The van der Waals surface area contributed by atoms with Crippen LogP contribution in [0.3, 0.4) is 0 Å². The maximum Gasteiger partial charge on any atom is 0.234 e. The van der Waals surface area contributed by atoms with Crippen molar-refractivity contribution in [3.8, 4) is 0 Å². The molecule has 22 heavy (non-hydrogen) atoms. The van der Waals surface area contributed by atoms with Gasteiger partial charge >= 0.3 is 0 Å². The summed E-state index contributed by atoms with van der Waals surface area (Å²) in [5.74, 6) is 0.263. The van der Waals surface area contributed by atoms with E-state index in [0.29, 0.717) is 12.6 Å². The summed E-state index contributed by atoms with van der Waals surface area (Å²) in [6.45, 7) is 3.73. The third-order valence-corrected chi connectivity index (χ3v) is 6.02. The smallest absolute Gasteiger partial charge is 0.234 e. The fourth-order valence-electron chi connectivity index (χ4n) is 4.70. The van der Waals surface area contributed by atoms with Gasteiger partial charge in [-0.25, -0.2) is 0 Å². The summed E-state index contributed by atoms with van der Waals surface area (Å²) in [5.41, 5.74) is 0.261. The highest BCUT2D eigenvalue weighted by Gasteiger charge is 2.40. The van der Waals surface area contributed by atoms with E-state index >= 15 is 0 Å². The highest BCUT2D eigenvalue weighted by molar-refractivity contribution is 5.78. The third-order valence-electron chi connectivity index (χ3n) is 6.02. The van der Waals surface area contributed by atoms with Crippen LogP contribution in [0.15, 0.2) is 0 Å². The summed E-state index contributed by atoms with van der Waals surface area (Å²) in [4.78, 5) is 15.0. The molecule has 126 valence electrons. The van der Waals surface area contributed by atoms with E-state index < -0.39 is 0 Å². The van der Waals surface area contributed by atoms with Crippen molar-refractivity contribution in [1.29, 1.82) is 0 Å². The largest absolute Gasteiger partial charge is 0.352 e. The summed E-state index contributed by atoms with van der Waals surface area (Å²) in [6, 6.07) is 0.431. The standard InChI is InChI=1S/C18H33N3O/c22-17(20-16-8-4-1-2-5-9-16)14-21-13-12-19-15-18(21)10-6-3-7-11-18/h16,19H,1-15H2,(H,20,22). The van der Waals surface area contributed by atoms with Gasteiger partial charge < -0.3 is 10.6 Å². The lowest BCUT2D eigenvalue weighted by atomic mass is 9.79. The monoisotopic (exact) mass is 307 g/mol. The first-order chi connectivity index (χ1) is 10.8. The average Bonchev–Trinajstić information content (AvgIpc) is 2.79. The SMILES string of the molecule is O=C(CN1CCNCC12CCCCC2)NC1CCCCCC1. The zero-order valence-electron chi connectivity index (χ0n) is 14.0. The van der Waals surface area contributed by atoms with Crippen molar-refractivity contribution in [2.75, 3.05) is 26.2 Å². The quantitative estimate of drug-likeness (QED) is 0.787. The molecule has 0 unspecified atom stereocenters. The van der Waals surface area contributed by atoms with E-state index in [1.54, 1.807) is 0 Å². The van der Waals surface area contributed by atoms with Crippen LogP contribution in [0.2, 0.25) is 0 Å². The fourth-order valence-corrected chi connectivity index (χ4v) is 4.70. The van der Waals surface area contributed by atoms with Gasteiger partial charge in [-0.3, -0.25) is 9.69 Å². The maximum absolute atomic E-state index is 12.5. The predicted octanol–water partition coefficient (Wildman–Crippen LogP) is 2.43. The van der Waals surface area contributed by atoms with Crippen LogP contribution >= 0.6 is 0 Å². The molecule has 4 nitrogen and oxygen atoms in total. The summed E-state index contributed by atoms with van der Waals surface area (Å²) < 4.78 is 0. The maximum atomic E-state index is 12.5. The van der Waals surface area contributed by atoms with E-state index in [4.69, 9.17) is 0 Å². The number of carbonyl (C=O) groups excluding carboxylic acids is 1. The van der Waals surface area contributed by atoms with Gasteiger partial charge in [0.25, 0.3) is 0 Å². The van der Waals surface area contributed by atoms with Crippen LogP contribution < -0.4 is 10.6 Å². The first kappa shape index (κ1) is 16.3. The van der Waals surface area contributed by atoms with Crippen molar-refractivity contribution in [2.45, 2.75) is 82.2 Å². The molecule has 1 aliphatic heterocycles. The lowest BCUT2D eigenvalue weighted by Gasteiger charge is -2.49. The minimum absolute atomic E-state index is 0.261. The Morgan fingerprint density at radius 2 is 1.73 bits per heavy atom. The van der Waals surface area contributed by atoms with Crippen LogP contribution in [0.25, 0.3) is 0 Å². The van der Waals surface area contributed by atoms with Gasteiger partial charge in [0, 0.05) is 31.2 Å². The van der Waals surface area contributed by atoms with Gasteiger partial charge in [-0.15, -0.1) is 0 Å². The Kier molecular flexibility index (Phi) is 5.75. The van der Waals surface area contributed by atoms with Gasteiger partial charge in [-0.05, 0) is 25.7 Å². The van der Waals surface area contributed by atoms with E-state index in [9.17, 15) is 4.79 Å². The third kappa shape index (κ3) is 4.02. The lowest BCUT2D eigenvalue weighted by molar-refractivity contribution is -0.125. The van der Waals surface area contributed by atoms with Crippen molar-refractivity contribution in [2.24, 2.45) is 0 Å². The predicted molar refractivity (Wildman–Crippen MR) is 89.9 cm³/mol. The van der Waals surface area contributed by atoms with Gasteiger partial charge in [-0.2, -0.15) is 0 Å². The number of amides is 1. The van der Waals surface area contributed by atoms with E-state index in [1.807, 2.05) is 0 Å². The molecule has 0 aromatic rings. The molecule has 0 aromatic heterocycles. The molecule has 3 aliphatic rings. The molecule has 2 saturated carbocycles. The Bertz CT molecular complexity index is 349. The Labute approximate surface area is 135 Å². The molecule has 0 radical (unpaired) electrons. The summed E-state index contributed by atoms with van der Waals surface area (Å²) in [6.07, 6.45) is 14.1. The molecule has 0 atom stereocenters. The molecular formula is C18H33N3O. The van der Waals surface area contributed by atoms with Crippen molar-refractivity contribution in [3.05, 3.63) is 0 Å². The minimum atomic E-state index is 0.261. The van der Waals surface area contributed by atoms with E-state index in [2.05, 4.69) is 15.5 Å². The van der Waals surface area contributed by atoms with Crippen molar-refractivity contribution < 1.29 is 4.79 Å². The number of rotatable bonds is 3. The Morgan fingerprint density at radius 3 is 2.45 bits per heavy atom. The molecule has 3 rings (SSSR count). The molecule has 0 bridgehead atoms. The summed E-state index contributed by atoms with van der Waals surface area (Å²) in [7, 11) is 0. The zero-order valence-corrected chi connectivity index (χ0v) is 14.0. The van der Waals surface area contributed by atoms with Gasteiger partial charge in [0.05, 0.1) is 6.54 Å². The molecule has 4 heteroatoms. The molecule has 1 saturated heterocycles. The first-order valence-electron chi connectivity index (χ1n) is 9.54. The van der Waals surface area contributed by atoms with Gasteiger partial charge in [0.2, 0.25) is 5.91 Å². The van der Waals surface area contributed by atoms with Crippen LogP contribution in [-0.4, -0.2) is 48.6 Å². The Hall–Kier alpha value is -0.610. The highest BCUT2D eigenvalue weighted by Crippen LogP contribution is 2.34. The molecule has 2 N–H and O–H groups in total. The number of hydrogen-bond acceptors (Lipinski definition) is 3. The summed E-state index contributed by atoms with van der Waals surface area (Å²) in [5, 5.41) is 6.89. The lowest BCUT2D eigenvalue weighted by Crippen LogP contribution is -2.63. The van der Waals surface area contributed by atoms with Crippen molar-refractivity contribution >= 4 is 5.91 Å². The molecule has 1 heterocycles. The molecular weight excluding hydrogens is 274 g/mol. The summed E-state index contributed by atoms with van der Waals surface area (Å²) >= 11 is 0. The van der Waals surface area contributed by atoms with Crippen LogP contribution in [0.1, 0.15) is 70.6 Å². The van der Waals surface area contributed by atoms with Crippen molar-refractivity contribution in [1.82, 2.24) is 15.5 Å². The number of hydrogen-bond donors (Lipinski definition) is 2. The first-order valence-corrected chi connectivity index (χ1v) is 9.54. The second-order valence-electron chi connectivity index (χ2n) is 7.64. The molecule has 3 fully saturated rings. The van der Waals surface area contributed by atoms with Gasteiger partial charge in [0.15, 0.2) is 0 Å². The van der Waals surface area contributed by atoms with E-state index in [1.165, 1.54) is 70.6 Å². The number of carbonyl (C=O) groups is 1. The zero-order chi connectivity index (χ0) is 15.3. The molecule has 1 amide bonds. The number of piperazine rings is 1. The number of nitrogens with zero attached hydrogens (tertiary/aromatic N) is 1. The Balaban J connectivity index is 1.54. The van der Waals surface area contributed by atoms with Crippen LogP contribution in [-0.2, 0) is 4.79 Å². The van der Waals surface area contributed by atoms with Crippen LogP contribution in [0.5, 0.6) is 0 Å². The normalized spacial score (nSPS) is 27.5. The highest BCUT2D eigenvalue weighted by atomic mass is 16.2. The van der Waals surface area contributed by atoms with E-state index in [-0.39, 0.29) is 11.4 Å². The topological polar surface area (TPSA) is 44.4 Å². The van der Waals surface area contributed by atoms with Crippen molar-refractivity contribution in [3.63, 3.8) is 0 Å². The molecule has 1 spiro atoms. The molecule has 2 aliphatic carbocycles. The number of nitrogens with one attached hydrogen (secondary N) is 2. The van der Waals surface area contributed by atoms with Gasteiger partial charge in [-0.1, -0.05) is 44.9 Å². The van der Waals surface area contributed by atoms with Crippen LogP contribution in [0.4, 0.5) is 0 Å². The fraction of sp³-hybridized carbons (Fsp3) is 0.944. The second kappa shape index (κ2) is 7.78. The molecule has 0 aromatic carbocycles. The van der Waals surface area contributed by atoms with Gasteiger partial charge in [0.1, 0.15) is 0 Å². The Morgan fingerprint density at radius 1 is 1.05 bits per heavy atom. The van der Waals surface area contributed by atoms with Crippen LogP contribution in [0, 0.1) is 0 Å². The minimum Gasteiger partial charge on any atom is -0.352 e. The average molecular weight is 307 g/mol. The van der Waals surface area contributed by atoms with E-state index in [0.717, 1.165) is 19.6 Å².